The second kappa shape index (κ2) is 3.70. The summed E-state index contributed by atoms with van der Waals surface area (Å²) < 4.78 is 0. The fourth-order valence-electron chi connectivity index (χ4n) is 0.934. The summed E-state index contributed by atoms with van der Waals surface area (Å²) in [6.07, 6.45) is 1.78. The second-order valence-corrected chi connectivity index (χ2v) is 2.53. The van der Waals surface area contributed by atoms with E-state index in [1.54, 1.807) is 6.92 Å². The van der Waals surface area contributed by atoms with Crippen molar-refractivity contribution >= 4 is 6.41 Å². The number of H-pyrrole nitrogens is 2. The van der Waals surface area contributed by atoms with Gasteiger partial charge in [-0.1, -0.05) is 0 Å². The molecule has 0 bridgehead atoms. The molecule has 0 aliphatic rings. The SMILES string of the molecule is C[C@H](NC=O)c1c[nH]c(=O)[nH]c1=O. The molecule has 3 N–H and O–H groups in total. The molecular formula is C7H9N3O3. The third kappa shape index (κ3) is 2.05. The number of rotatable bonds is 3. The van der Waals surface area contributed by atoms with Crippen LogP contribution in [-0.2, 0) is 4.79 Å². The molecule has 13 heavy (non-hydrogen) atoms. The maximum absolute atomic E-state index is 11.1. The summed E-state index contributed by atoms with van der Waals surface area (Å²) in [5.74, 6) is 0. The minimum Gasteiger partial charge on any atom is -0.352 e. The van der Waals surface area contributed by atoms with Crippen LogP contribution in [0.1, 0.15) is 18.5 Å². The minimum atomic E-state index is -0.563. The van der Waals surface area contributed by atoms with E-state index < -0.39 is 17.3 Å². The van der Waals surface area contributed by atoms with Gasteiger partial charge in [0.25, 0.3) is 5.56 Å². The average Bonchev–Trinajstić information content (AvgIpc) is 2.04. The fourth-order valence-corrected chi connectivity index (χ4v) is 0.934. The van der Waals surface area contributed by atoms with Crippen molar-refractivity contribution in [2.45, 2.75) is 13.0 Å². The third-order valence-corrected chi connectivity index (χ3v) is 1.63. The molecular weight excluding hydrogens is 174 g/mol. The molecule has 1 aromatic rings. The zero-order valence-electron chi connectivity index (χ0n) is 6.96. The lowest BCUT2D eigenvalue weighted by molar-refractivity contribution is -0.110. The molecule has 0 aliphatic heterocycles. The van der Waals surface area contributed by atoms with Crippen molar-refractivity contribution in [2.24, 2.45) is 0 Å². The Kier molecular flexibility index (Phi) is 2.63. The molecule has 6 heteroatoms. The van der Waals surface area contributed by atoms with Gasteiger partial charge in [0, 0.05) is 6.20 Å². The van der Waals surface area contributed by atoms with Crippen molar-refractivity contribution in [3.63, 3.8) is 0 Å². The fraction of sp³-hybridized carbons (Fsp3) is 0.286. The van der Waals surface area contributed by atoms with E-state index in [-0.39, 0.29) is 0 Å². The quantitative estimate of drug-likeness (QED) is 0.517. The van der Waals surface area contributed by atoms with E-state index in [4.69, 9.17) is 0 Å². The zero-order valence-corrected chi connectivity index (χ0v) is 6.96. The number of amides is 1. The molecule has 0 fully saturated rings. The van der Waals surface area contributed by atoms with Gasteiger partial charge in [-0.05, 0) is 6.92 Å². The zero-order chi connectivity index (χ0) is 9.84. The van der Waals surface area contributed by atoms with Crippen LogP contribution in [0.15, 0.2) is 15.8 Å². The number of hydrogen-bond donors (Lipinski definition) is 3. The highest BCUT2D eigenvalue weighted by atomic mass is 16.2. The Labute approximate surface area is 73.0 Å². The van der Waals surface area contributed by atoms with Crippen LogP contribution in [0.25, 0.3) is 0 Å². The molecule has 0 aliphatic carbocycles. The van der Waals surface area contributed by atoms with Gasteiger partial charge in [0.15, 0.2) is 0 Å². The minimum absolute atomic E-state index is 0.312. The molecule has 1 heterocycles. The molecule has 1 atom stereocenters. The van der Waals surface area contributed by atoms with E-state index in [1.807, 2.05) is 0 Å². The largest absolute Gasteiger partial charge is 0.352 e. The van der Waals surface area contributed by atoms with Crippen LogP contribution in [-0.4, -0.2) is 16.4 Å². The Morgan fingerprint density at radius 1 is 1.54 bits per heavy atom. The van der Waals surface area contributed by atoms with Gasteiger partial charge in [-0.2, -0.15) is 0 Å². The Morgan fingerprint density at radius 2 is 2.23 bits per heavy atom. The molecule has 0 saturated heterocycles. The monoisotopic (exact) mass is 183 g/mol. The summed E-state index contributed by atoms with van der Waals surface area (Å²) >= 11 is 0. The normalized spacial score (nSPS) is 12.1. The van der Waals surface area contributed by atoms with Gasteiger partial charge >= 0.3 is 5.69 Å². The van der Waals surface area contributed by atoms with Crippen LogP contribution in [0, 0.1) is 0 Å². The van der Waals surface area contributed by atoms with E-state index in [0.29, 0.717) is 12.0 Å². The first-order chi connectivity index (χ1) is 6.15. The van der Waals surface area contributed by atoms with E-state index in [2.05, 4.69) is 15.3 Å². The summed E-state index contributed by atoms with van der Waals surface area (Å²) in [6, 6.07) is -0.418. The van der Waals surface area contributed by atoms with Gasteiger partial charge in [0.1, 0.15) is 0 Å². The summed E-state index contributed by atoms with van der Waals surface area (Å²) in [4.78, 5) is 36.2. The van der Waals surface area contributed by atoms with Crippen LogP contribution in [0.2, 0.25) is 0 Å². The molecule has 1 aromatic heterocycles. The molecule has 70 valence electrons. The number of carbonyl (C=O) groups excluding carboxylic acids is 1. The highest BCUT2D eigenvalue weighted by Crippen LogP contribution is 2.01. The van der Waals surface area contributed by atoms with Crippen LogP contribution in [0.4, 0.5) is 0 Å². The van der Waals surface area contributed by atoms with Gasteiger partial charge < -0.3 is 10.3 Å². The van der Waals surface area contributed by atoms with Crippen LogP contribution in [0.5, 0.6) is 0 Å². The summed E-state index contributed by atoms with van der Waals surface area (Å²) in [5, 5.41) is 2.40. The molecule has 6 nitrogen and oxygen atoms in total. The standard InChI is InChI=1S/C7H9N3O3/c1-4(9-3-11)5-2-8-7(13)10-6(5)12/h2-4H,1H3,(H,9,11)(H2,8,10,12,13)/t4-/m0/s1. The topological polar surface area (TPSA) is 94.8 Å². The van der Waals surface area contributed by atoms with Crippen LogP contribution in [0.3, 0.4) is 0 Å². The van der Waals surface area contributed by atoms with Crippen molar-refractivity contribution in [1.29, 1.82) is 0 Å². The maximum Gasteiger partial charge on any atom is 0.325 e. The van der Waals surface area contributed by atoms with Crippen molar-refractivity contribution in [1.82, 2.24) is 15.3 Å². The van der Waals surface area contributed by atoms with Gasteiger partial charge in [0.05, 0.1) is 11.6 Å². The summed E-state index contributed by atoms with van der Waals surface area (Å²) in [7, 11) is 0. The Morgan fingerprint density at radius 3 is 2.77 bits per heavy atom. The lowest BCUT2D eigenvalue weighted by atomic mass is 10.2. The molecule has 0 unspecified atom stereocenters. The highest BCUT2D eigenvalue weighted by molar-refractivity contribution is 5.47. The first kappa shape index (κ1) is 9.24. The van der Waals surface area contributed by atoms with Crippen molar-refractivity contribution in [3.8, 4) is 0 Å². The van der Waals surface area contributed by atoms with Gasteiger partial charge in [-0.3, -0.25) is 14.6 Å². The molecule has 0 saturated carbocycles. The maximum atomic E-state index is 11.1. The van der Waals surface area contributed by atoms with E-state index in [9.17, 15) is 14.4 Å². The smallest absolute Gasteiger partial charge is 0.325 e. The van der Waals surface area contributed by atoms with Crippen molar-refractivity contribution in [2.75, 3.05) is 0 Å². The van der Waals surface area contributed by atoms with Crippen LogP contribution >= 0.6 is 0 Å². The number of hydrogen-bond acceptors (Lipinski definition) is 3. The van der Waals surface area contributed by atoms with E-state index in [0.717, 1.165) is 0 Å². The van der Waals surface area contributed by atoms with Crippen molar-refractivity contribution in [3.05, 3.63) is 32.6 Å². The molecule has 1 rings (SSSR count). The second-order valence-electron chi connectivity index (χ2n) is 2.53. The van der Waals surface area contributed by atoms with Gasteiger partial charge in [-0.25, -0.2) is 4.79 Å². The Hall–Kier alpha value is -1.85. The van der Waals surface area contributed by atoms with E-state index >= 15 is 0 Å². The lowest BCUT2D eigenvalue weighted by Crippen LogP contribution is -2.29. The Bertz CT molecular complexity index is 406. The number of nitrogens with one attached hydrogen (secondary N) is 3. The van der Waals surface area contributed by atoms with E-state index in [1.165, 1.54) is 6.20 Å². The summed E-state index contributed by atoms with van der Waals surface area (Å²) in [5.41, 5.74) is -0.746. The first-order valence-corrected chi connectivity index (χ1v) is 3.66. The van der Waals surface area contributed by atoms with Gasteiger partial charge in [-0.15, -0.1) is 0 Å². The third-order valence-electron chi connectivity index (χ3n) is 1.63. The van der Waals surface area contributed by atoms with Crippen molar-refractivity contribution < 1.29 is 4.79 Å². The average molecular weight is 183 g/mol. The molecule has 1 amide bonds. The van der Waals surface area contributed by atoms with Crippen LogP contribution < -0.4 is 16.6 Å². The molecule has 0 aromatic carbocycles. The predicted molar refractivity (Wildman–Crippen MR) is 45.3 cm³/mol. The number of aromatic nitrogens is 2. The Balaban J connectivity index is 3.08. The molecule has 0 spiro atoms. The lowest BCUT2D eigenvalue weighted by Gasteiger charge is -2.07. The van der Waals surface area contributed by atoms with Gasteiger partial charge in [0.2, 0.25) is 6.41 Å². The first-order valence-electron chi connectivity index (χ1n) is 3.66. The number of aromatic amines is 2. The number of carbonyl (C=O) groups is 1. The molecule has 0 radical (unpaired) electrons. The highest BCUT2D eigenvalue weighted by Gasteiger charge is 2.07. The summed E-state index contributed by atoms with van der Waals surface area (Å²) in [6.45, 7) is 1.64. The predicted octanol–water partition coefficient (Wildman–Crippen LogP) is -1.13.